The van der Waals surface area contributed by atoms with Crippen molar-refractivity contribution in [1.82, 2.24) is 9.97 Å². The Bertz CT molecular complexity index is 1090. The number of rotatable bonds is 5. The van der Waals surface area contributed by atoms with E-state index in [2.05, 4.69) is 15.3 Å². The first-order valence-electron chi connectivity index (χ1n) is 10.4. The number of carbonyl (C=O) groups is 1. The lowest BCUT2D eigenvalue weighted by atomic mass is 9.97. The number of hydrogen-bond acceptors (Lipinski definition) is 5. The molecule has 2 heterocycles. The summed E-state index contributed by atoms with van der Waals surface area (Å²) in [5.41, 5.74) is 2.01. The third kappa shape index (κ3) is 4.82. The molecule has 2 aromatic carbocycles. The Morgan fingerprint density at radius 1 is 1.13 bits per heavy atom. The predicted molar refractivity (Wildman–Crippen MR) is 118 cm³/mol. The number of piperidine rings is 1. The number of hydrogen-bond donors (Lipinski definition) is 1. The number of anilines is 2. The molecule has 1 amide bonds. The lowest BCUT2D eigenvalue weighted by Crippen LogP contribution is -2.41. The van der Waals surface area contributed by atoms with Crippen molar-refractivity contribution < 1.29 is 13.9 Å². The van der Waals surface area contributed by atoms with Gasteiger partial charge in [-0.05, 0) is 56.0 Å². The Kier molecular flexibility index (Phi) is 6.11. The lowest BCUT2D eigenvalue weighted by molar-refractivity contribution is -0.120. The Labute approximate surface area is 181 Å². The highest BCUT2D eigenvalue weighted by molar-refractivity contribution is 5.93. The number of amides is 1. The van der Waals surface area contributed by atoms with Crippen LogP contribution < -0.4 is 15.0 Å². The van der Waals surface area contributed by atoms with Crippen LogP contribution in [0.3, 0.4) is 0 Å². The molecule has 0 radical (unpaired) electrons. The molecule has 0 unspecified atom stereocenters. The van der Waals surface area contributed by atoms with Crippen LogP contribution in [0.5, 0.6) is 11.6 Å². The molecule has 0 aliphatic carbocycles. The third-order valence-electron chi connectivity index (χ3n) is 5.48. The Balaban J connectivity index is 1.49. The fourth-order valence-corrected chi connectivity index (χ4v) is 3.68. The molecule has 6 nitrogen and oxygen atoms in total. The highest BCUT2D eigenvalue weighted by Gasteiger charge is 2.29. The summed E-state index contributed by atoms with van der Waals surface area (Å²) in [4.78, 5) is 23.7. The van der Waals surface area contributed by atoms with Crippen molar-refractivity contribution in [2.75, 3.05) is 23.3 Å². The van der Waals surface area contributed by atoms with Gasteiger partial charge in [-0.1, -0.05) is 24.3 Å². The van der Waals surface area contributed by atoms with Crippen molar-refractivity contribution in [2.24, 2.45) is 5.92 Å². The van der Waals surface area contributed by atoms with Crippen LogP contribution >= 0.6 is 0 Å². The van der Waals surface area contributed by atoms with Crippen LogP contribution in [0, 0.1) is 25.6 Å². The maximum atomic E-state index is 13.8. The third-order valence-corrected chi connectivity index (χ3v) is 5.48. The van der Waals surface area contributed by atoms with Gasteiger partial charge in [0, 0.05) is 31.2 Å². The zero-order valence-electron chi connectivity index (χ0n) is 17.6. The van der Waals surface area contributed by atoms with Crippen molar-refractivity contribution in [3.8, 4) is 11.6 Å². The second-order valence-electron chi connectivity index (χ2n) is 7.79. The number of aryl methyl sites for hydroxylation is 2. The molecule has 31 heavy (non-hydrogen) atoms. The molecule has 3 aromatic rings. The second-order valence-corrected chi connectivity index (χ2v) is 7.79. The molecule has 1 saturated heterocycles. The van der Waals surface area contributed by atoms with Crippen LogP contribution in [0.2, 0.25) is 0 Å². The van der Waals surface area contributed by atoms with Gasteiger partial charge in [0.15, 0.2) is 5.82 Å². The molecule has 1 N–H and O–H groups in total. The quantitative estimate of drug-likeness (QED) is 0.637. The highest BCUT2D eigenvalue weighted by Crippen LogP contribution is 2.32. The summed E-state index contributed by atoms with van der Waals surface area (Å²) in [6, 6.07) is 12.5. The summed E-state index contributed by atoms with van der Waals surface area (Å²) >= 11 is 0. The van der Waals surface area contributed by atoms with E-state index < -0.39 is 0 Å². The summed E-state index contributed by atoms with van der Waals surface area (Å²) in [7, 11) is 0. The molecule has 0 saturated carbocycles. The SMILES string of the molecule is Cc1ccc(NC(=O)[C@H]2CCCN(c3nccnc3Oc3ccccc3C)C2)cc1F. The van der Waals surface area contributed by atoms with E-state index in [9.17, 15) is 9.18 Å². The molecular formula is C24H25FN4O2. The molecule has 0 bridgehead atoms. The average Bonchev–Trinajstić information content (AvgIpc) is 2.78. The van der Waals surface area contributed by atoms with Crippen LogP contribution in [0.15, 0.2) is 54.9 Å². The van der Waals surface area contributed by atoms with Gasteiger partial charge >= 0.3 is 0 Å². The van der Waals surface area contributed by atoms with Crippen LogP contribution in [0.25, 0.3) is 0 Å². The number of para-hydroxylation sites is 1. The topological polar surface area (TPSA) is 67.4 Å². The van der Waals surface area contributed by atoms with E-state index in [0.717, 1.165) is 30.7 Å². The van der Waals surface area contributed by atoms with Gasteiger partial charge in [0.2, 0.25) is 5.91 Å². The first-order chi connectivity index (χ1) is 15.0. The first-order valence-corrected chi connectivity index (χ1v) is 10.4. The fourth-order valence-electron chi connectivity index (χ4n) is 3.68. The molecule has 0 spiro atoms. The molecule has 1 fully saturated rings. The van der Waals surface area contributed by atoms with Crippen molar-refractivity contribution in [1.29, 1.82) is 0 Å². The number of carbonyl (C=O) groups excluding carboxylic acids is 1. The number of nitrogens with zero attached hydrogens (tertiary/aromatic N) is 3. The van der Waals surface area contributed by atoms with Crippen molar-refractivity contribution in [3.63, 3.8) is 0 Å². The van der Waals surface area contributed by atoms with E-state index in [1.54, 1.807) is 31.5 Å². The van der Waals surface area contributed by atoms with Gasteiger partial charge in [-0.15, -0.1) is 0 Å². The summed E-state index contributed by atoms with van der Waals surface area (Å²) in [6.07, 6.45) is 4.81. The minimum absolute atomic E-state index is 0.127. The average molecular weight is 420 g/mol. The summed E-state index contributed by atoms with van der Waals surface area (Å²) in [6.45, 7) is 4.91. The number of nitrogens with one attached hydrogen (secondary N) is 1. The molecule has 4 rings (SSSR count). The maximum absolute atomic E-state index is 13.8. The van der Waals surface area contributed by atoms with E-state index >= 15 is 0 Å². The zero-order chi connectivity index (χ0) is 21.8. The van der Waals surface area contributed by atoms with E-state index in [4.69, 9.17) is 4.74 Å². The number of halogens is 1. The van der Waals surface area contributed by atoms with E-state index in [1.807, 2.05) is 36.1 Å². The lowest BCUT2D eigenvalue weighted by Gasteiger charge is -2.33. The van der Waals surface area contributed by atoms with Gasteiger partial charge in [-0.3, -0.25) is 4.79 Å². The molecule has 1 aliphatic rings. The van der Waals surface area contributed by atoms with Crippen LogP contribution in [0.4, 0.5) is 15.9 Å². The van der Waals surface area contributed by atoms with Gasteiger partial charge in [0.05, 0.1) is 5.92 Å². The molecule has 7 heteroatoms. The van der Waals surface area contributed by atoms with E-state index in [-0.39, 0.29) is 17.6 Å². The minimum atomic E-state index is -0.333. The summed E-state index contributed by atoms with van der Waals surface area (Å²) in [5, 5.41) is 2.84. The van der Waals surface area contributed by atoms with E-state index in [1.165, 1.54) is 6.07 Å². The molecule has 1 aromatic heterocycles. The van der Waals surface area contributed by atoms with Gasteiger partial charge < -0.3 is 15.0 Å². The normalized spacial score (nSPS) is 16.1. The highest BCUT2D eigenvalue weighted by atomic mass is 19.1. The second kappa shape index (κ2) is 9.12. The summed E-state index contributed by atoms with van der Waals surface area (Å²) in [5.74, 6) is 1.05. The standard InChI is InChI=1S/C24H25FN4O2/c1-16-9-10-19(14-20(16)25)28-23(30)18-7-5-13-29(15-18)22-24(27-12-11-26-22)31-21-8-4-3-6-17(21)2/h3-4,6,8-12,14,18H,5,7,13,15H2,1-2H3,(H,28,30)/t18-/m0/s1. The van der Waals surface area contributed by atoms with Crippen LogP contribution in [-0.4, -0.2) is 29.0 Å². The molecule has 1 atom stereocenters. The predicted octanol–water partition coefficient (Wildman–Crippen LogP) is 4.88. The largest absolute Gasteiger partial charge is 0.436 e. The number of ether oxygens (including phenoxy) is 1. The Morgan fingerprint density at radius 2 is 1.94 bits per heavy atom. The van der Waals surface area contributed by atoms with Crippen molar-refractivity contribution in [3.05, 3.63) is 71.8 Å². The molecule has 160 valence electrons. The maximum Gasteiger partial charge on any atom is 0.263 e. The molecular weight excluding hydrogens is 395 g/mol. The monoisotopic (exact) mass is 420 g/mol. The Hall–Kier alpha value is -3.48. The molecule has 1 aliphatic heterocycles. The fraction of sp³-hybridized carbons (Fsp3) is 0.292. The smallest absolute Gasteiger partial charge is 0.263 e. The number of aromatic nitrogens is 2. The van der Waals surface area contributed by atoms with Crippen LogP contribution in [-0.2, 0) is 4.79 Å². The summed E-state index contributed by atoms with van der Waals surface area (Å²) < 4.78 is 19.9. The first kappa shape index (κ1) is 20.8. The van der Waals surface area contributed by atoms with Crippen LogP contribution in [0.1, 0.15) is 24.0 Å². The van der Waals surface area contributed by atoms with E-state index in [0.29, 0.717) is 29.5 Å². The van der Waals surface area contributed by atoms with Gasteiger partial charge in [0.25, 0.3) is 5.88 Å². The number of benzene rings is 2. The van der Waals surface area contributed by atoms with Gasteiger partial charge in [-0.25, -0.2) is 14.4 Å². The Morgan fingerprint density at radius 3 is 2.74 bits per heavy atom. The van der Waals surface area contributed by atoms with Gasteiger partial charge in [-0.2, -0.15) is 0 Å². The van der Waals surface area contributed by atoms with Crippen molar-refractivity contribution in [2.45, 2.75) is 26.7 Å². The zero-order valence-corrected chi connectivity index (χ0v) is 17.6. The van der Waals surface area contributed by atoms with Crippen molar-refractivity contribution >= 4 is 17.4 Å². The van der Waals surface area contributed by atoms with Gasteiger partial charge in [0.1, 0.15) is 11.6 Å². The minimum Gasteiger partial charge on any atom is -0.436 e.